The first-order chi connectivity index (χ1) is 8.36. The lowest BCUT2D eigenvalue weighted by Crippen LogP contribution is -2.41. The molecule has 0 saturated carbocycles. The van der Waals surface area contributed by atoms with Crippen LogP contribution >= 0.6 is 0 Å². The molecule has 0 spiro atoms. The van der Waals surface area contributed by atoms with Crippen LogP contribution in [0.2, 0.25) is 0 Å². The van der Waals surface area contributed by atoms with Crippen molar-refractivity contribution in [2.75, 3.05) is 13.7 Å². The van der Waals surface area contributed by atoms with Crippen LogP contribution < -0.4 is 15.8 Å². The van der Waals surface area contributed by atoms with E-state index in [0.29, 0.717) is 6.54 Å². The second kappa shape index (κ2) is 5.87. The first-order valence-electron chi connectivity index (χ1n) is 6.04. The molecule has 3 N–H and O–H groups in total. The van der Waals surface area contributed by atoms with E-state index in [0.717, 1.165) is 11.3 Å². The number of carbonyl (C=O) groups excluding carboxylic acids is 1. The fourth-order valence-electron chi connectivity index (χ4n) is 1.52. The Bertz CT molecular complexity index is 416. The molecule has 0 aliphatic heterocycles. The van der Waals surface area contributed by atoms with E-state index in [1.165, 1.54) is 0 Å². The Morgan fingerprint density at radius 3 is 2.72 bits per heavy atom. The number of methoxy groups -OCH3 is 1. The van der Waals surface area contributed by atoms with Gasteiger partial charge < -0.3 is 15.8 Å². The molecule has 4 nitrogen and oxygen atoms in total. The van der Waals surface area contributed by atoms with Gasteiger partial charge in [-0.2, -0.15) is 0 Å². The lowest BCUT2D eigenvalue weighted by molar-refractivity contribution is -0.125. The molecule has 4 heteroatoms. The molecule has 0 radical (unpaired) electrons. The highest BCUT2D eigenvalue weighted by Crippen LogP contribution is 2.20. The first-order valence-corrected chi connectivity index (χ1v) is 6.04. The van der Waals surface area contributed by atoms with Gasteiger partial charge in [0.1, 0.15) is 5.75 Å². The molecule has 1 rings (SSSR count). The zero-order valence-corrected chi connectivity index (χ0v) is 11.5. The summed E-state index contributed by atoms with van der Waals surface area (Å²) < 4.78 is 5.19. The van der Waals surface area contributed by atoms with Crippen molar-refractivity contribution in [2.24, 2.45) is 11.1 Å². The van der Waals surface area contributed by atoms with E-state index in [2.05, 4.69) is 5.32 Å². The Labute approximate surface area is 109 Å². The Morgan fingerprint density at radius 1 is 1.50 bits per heavy atom. The number of amides is 1. The molecule has 1 atom stereocenters. The molecule has 0 bridgehead atoms. The fraction of sp³-hybridized carbons (Fsp3) is 0.500. The molecular formula is C14H22N2O2. The van der Waals surface area contributed by atoms with Crippen molar-refractivity contribution in [2.45, 2.75) is 26.8 Å². The van der Waals surface area contributed by atoms with Crippen LogP contribution in [0, 0.1) is 5.41 Å². The molecule has 0 fully saturated rings. The van der Waals surface area contributed by atoms with E-state index in [9.17, 15) is 4.79 Å². The van der Waals surface area contributed by atoms with Crippen LogP contribution in [0.5, 0.6) is 5.75 Å². The third-order valence-corrected chi connectivity index (χ3v) is 3.11. The summed E-state index contributed by atoms with van der Waals surface area (Å²) in [5, 5.41) is 3.32. The van der Waals surface area contributed by atoms with Crippen molar-refractivity contribution in [1.29, 1.82) is 0 Å². The van der Waals surface area contributed by atoms with Crippen LogP contribution in [-0.4, -0.2) is 19.6 Å². The predicted molar refractivity (Wildman–Crippen MR) is 72.4 cm³/mol. The third kappa shape index (κ3) is 3.74. The molecular weight excluding hydrogens is 228 g/mol. The SMILES string of the molecule is COc1cccc(C(C)NCC(C)(C)C(N)=O)c1. The average molecular weight is 250 g/mol. The Hall–Kier alpha value is -1.55. The highest BCUT2D eigenvalue weighted by Gasteiger charge is 2.25. The summed E-state index contributed by atoms with van der Waals surface area (Å²) >= 11 is 0. The van der Waals surface area contributed by atoms with Crippen molar-refractivity contribution in [3.05, 3.63) is 29.8 Å². The molecule has 0 aliphatic rings. The fourth-order valence-corrected chi connectivity index (χ4v) is 1.52. The van der Waals surface area contributed by atoms with Gasteiger partial charge in [-0.05, 0) is 38.5 Å². The second-order valence-electron chi connectivity index (χ2n) is 5.13. The van der Waals surface area contributed by atoms with Crippen molar-refractivity contribution in [3.8, 4) is 5.75 Å². The van der Waals surface area contributed by atoms with E-state index in [-0.39, 0.29) is 11.9 Å². The van der Waals surface area contributed by atoms with Crippen LogP contribution in [0.15, 0.2) is 24.3 Å². The zero-order chi connectivity index (χ0) is 13.8. The van der Waals surface area contributed by atoms with Crippen LogP contribution in [-0.2, 0) is 4.79 Å². The normalized spacial score (nSPS) is 13.1. The molecule has 18 heavy (non-hydrogen) atoms. The standard InChI is InChI=1S/C14H22N2O2/c1-10(16-9-14(2,3)13(15)17)11-6-5-7-12(8-11)18-4/h5-8,10,16H,9H2,1-4H3,(H2,15,17). The number of nitrogens with one attached hydrogen (secondary N) is 1. The maximum atomic E-state index is 11.2. The van der Waals surface area contributed by atoms with Gasteiger partial charge in [0, 0.05) is 12.6 Å². The highest BCUT2D eigenvalue weighted by molar-refractivity contribution is 5.80. The lowest BCUT2D eigenvalue weighted by Gasteiger charge is -2.24. The largest absolute Gasteiger partial charge is 0.497 e. The molecule has 0 aliphatic carbocycles. The molecule has 100 valence electrons. The smallest absolute Gasteiger partial charge is 0.224 e. The van der Waals surface area contributed by atoms with Gasteiger partial charge in [-0.3, -0.25) is 4.79 Å². The van der Waals surface area contributed by atoms with Gasteiger partial charge in [0.05, 0.1) is 12.5 Å². The van der Waals surface area contributed by atoms with Gasteiger partial charge in [0.2, 0.25) is 5.91 Å². The summed E-state index contributed by atoms with van der Waals surface area (Å²) in [5.74, 6) is 0.531. The van der Waals surface area contributed by atoms with Crippen LogP contribution in [0.3, 0.4) is 0 Å². The number of hydrogen-bond donors (Lipinski definition) is 2. The molecule has 1 amide bonds. The third-order valence-electron chi connectivity index (χ3n) is 3.11. The summed E-state index contributed by atoms with van der Waals surface area (Å²) in [5.41, 5.74) is 5.91. The van der Waals surface area contributed by atoms with Gasteiger partial charge in [-0.1, -0.05) is 12.1 Å². The Kier molecular flexibility index (Phi) is 4.73. The zero-order valence-electron chi connectivity index (χ0n) is 11.5. The summed E-state index contributed by atoms with van der Waals surface area (Å²) in [7, 11) is 1.65. The lowest BCUT2D eigenvalue weighted by atomic mass is 9.92. The number of benzene rings is 1. The molecule has 0 heterocycles. The van der Waals surface area contributed by atoms with Crippen LogP contribution in [0.1, 0.15) is 32.4 Å². The molecule has 1 unspecified atom stereocenters. The van der Waals surface area contributed by atoms with E-state index in [1.54, 1.807) is 7.11 Å². The minimum atomic E-state index is -0.548. The number of rotatable bonds is 6. The quantitative estimate of drug-likeness (QED) is 0.810. The number of primary amides is 1. The monoisotopic (exact) mass is 250 g/mol. The summed E-state index contributed by atoms with van der Waals surface area (Å²) in [6.45, 7) is 6.26. The van der Waals surface area contributed by atoms with Crippen molar-refractivity contribution < 1.29 is 9.53 Å². The van der Waals surface area contributed by atoms with Gasteiger partial charge >= 0.3 is 0 Å². The van der Waals surface area contributed by atoms with Crippen LogP contribution in [0.4, 0.5) is 0 Å². The first kappa shape index (κ1) is 14.5. The van der Waals surface area contributed by atoms with Gasteiger partial charge in [0.15, 0.2) is 0 Å². The molecule has 1 aromatic rings. The number of nitrogens with two attached hydrogens (primary N) is 1. The Morgan fingerprint density at radius 2 is 2.17 bits per heavy atom. The van der Waals surface area contributed by atoms with Gasteiger partial charge in [0.25, 0.3) is 0 Å². The second-order valence-corrected chi connectivity index (χ2v) is 5.13. The average Bonchev–Trinajstić information content (AvgIpc) is 2.36. The van der Waals surface area contributed by atoms with Gasteiger partial charge in [-0.25, -0.2) is 0 Å². The maximum Gasteiger partial charge on any atom is 0.224 e. The minimum Gasteiger partial charge on any atom is -0.497 e. The molecule has 0 aromatic heterocycles. The van der Waals surface area contributed by atoms with Gasteiger partial charge in [-0.15, -0.1) is 0 Å². The van der Waals surface area contributed by atoms with E-state index < -0.39 is 5.41 Å². The number of hydrogen-bond acceptors (Lipinski definition) is 3. The van der Waals surface area contributed by atoms with E-state index in [1.807, 2.05) is 45.0 Å². The van der Waals surface area contributed by atoms with Crippen molar-refractivity contribution >= 4 is 5.91 Å². The number of ether oxygens (including phenoxy) is 1. The predicted octanol–water partition coefficient (Wildman–Crippen LogP) is 1.86. The maximum absolute atomic E-state index is 11.2. The van der Waals surface area contributed by atoms with E-state index in [4.69, 9.17) is 10.5 Å². The van der Waals surface area contributed by atoms with Crippen molar-refractivity contribution in [3.63, 3.8) is 0 Å². The molecule has 0 saturated heterocycles. The minimum absolute atomic E-state index is 0.138. The summed E-state index contributed by atoms with van der Waals surface area (Å²) in [6.07, 6.45) is 0. The highest BCUT2D eigenvalue weighted by atomic mass is 16.5. The van der Waals surface area contributed by atoms with E-state index >= 15 is 0 Å². The Balaban J connectivity index is 2.65. The topological polar surface area (TPSA) is 64.3 Å². The summed E-state index contributed by atoms with van der Waals surface area (Å²) in [6, 6.07) is 8.00. The molecule has 1 aromatic carbocycles. The number of carbonyl (C=O) groups is 1. The van der Waals surface area contributed by atoms with Crippen LogP contribution in [0.25, 0.3) is 0 Å². The van der Waals surface area contributed by atoms with Crippen molar-refractivity contribution in [1.82, 2.24) is 5.32 Å². The summed E-state index contributed by atoms with van der Waals surface area (Å²) in [4.78, 5) is 11.2.